The van der Waals surface area contributed by atoms with E-state index in [4.69, 9.17) is 27.9 Å². The topological polar surface area (TPSA) is 96.0 Å². The van der Waals surface area contributed by atoms with E-state index >= 15 is 0 Å². The van der Waals surface area contributed by atoms with Crippen LogP contribution < -0.4 is 14.4 Å². The van der Waals surface area contributed by atoms with Gasteiger partial charge in [0.1, 0.15) is 18.3 Å². The number of hydrogen-bond donors (Lipinski definition) is 1. The van der Waals surface area contributed by atoms with Gasteiger partial charge in [-0.2, -0.15) is 0 Å². The first-order valence-corrected chi connectivity index (χ1v) is 14.0. The number of hydrogen-bond acceptors (Lipinski definition) is 5. The van der Waals surface area contributed by atoms with Crippen LogP contribution in [0.1, 0.15) is 18.9 Å². The van der Waals surface area contributed by atoms with Gasteiger partial charge < -0.3 is 15.0 Å². The molecule has 38 heavy (non-hydrogen) atoms. The van der Waals surface area contributed by atoms with E-state index in [2.05, 4.69) is 5.32 Å². The number of carbonyl (C=O) groups excluding carboxylic acids is 2. The molecule has 8 nitrogen and oxygen atoms in total. The number of nitrogens with one attached hydrogen (secondary N) is 1. The minimum atomic E-state index is -4.22. The van der Waals surface area contributed by atoms with Gasteiger partial charge in [0.25, 0.3) is 10.0 Å². The van der Waals surface area contributed by atoms with E-state index in [1.165, 1.54) is 49.4 Å². The summed E-state index contributed by atoms with van der Waals surface area (Å²) < 4.78 is 33.8. The summed E-state index contributed by atoms with van der Waals surface area (Å²) in [6.07, 6.45) is 0.308. The number of likely N-dealkylation sites (N-methyl/N-ethyl adjacent to an activating group) is 1. The molecule has 1 atom stereocenters. The van der Waals surface area contributed by atoms with Crippen LogP contribution in [0.5, 0.6) is 5.75 Å². The second-order valence-electron chi connectivity index (χ2n) is 8.33. The molecule has 0 saturated carbocycles. The van der Waals surface area contributed by atoms with Crippen molar-refractivity contribution in [3.63, 3.8) is 0 Å². The minimum absolute atomic E-state index is 0.0171. The van der Waals surface area contributed by atoms with Gasteiger partial charge in [-0.15, -0.1) is 0 Å². The first kappa shape index (κ1) is 29.3. The van der Waals surface area contributed by atoms with Gasteiger partial charge >= 0.3 is 0 Å². The molecular formula is C27H29Cl2N3O5S. The maximum absolute atomic E-state index is 13.9. The number of amides is 2. The highest BCUT2D eigenvalue weighted by Gasteiger charge is 2.34. The molecule has 0 aromatic heterocycles. The highest BCUT2D eigenvalue weighted by atomic mass is 35.5. The van der Waals surface area contributed by atoms with Crippen LogP contribution in [0.25, 0.3) is 0 Å². The quantitative estimate of drug-likeness (QED) is 0.354. The molecule has 0 fully saturated rings. The molecule has 3 rings (SSSR count). The molecule has 0 unspecified atom stereocenters. The number of ether oxygens (including phenoxy) is 1. The second kappa shape index (κ2) is 13.0. The van der Waals surface area contributed by atoms with Crippen LogP contribution in [0.15, 0.2) is 77.7 Å². The molecule has 3 aromatic carbocycles. The average Bonchev–Trinajstić information content (AvgIpc) is 2.92. The summed E-state index contributed by atoms with van der Waals surface area (Å²) in [7, 11) is -1.21. The lowest BCUT2D eigenvalue weighted by molar-refractivity contribution is -0.140. The van der Waals surface area contributed by atoms with Crippen molar-refractivity contribution < 1.29 is 22.7 Å². The van der Waals surface area contributed by atoms with Gasteiger partial charge in [-0.1, -0.05) is 60.5 Å². The van der Waals surface area contributed by atoms with E-state index in [9.17, 15) is 18.0 Å². The standard InChI is InChI=1S/C27H29Cl2N3O5S/c1-4-24(27(34)30-2)31(17-19-9-8-10-21(15-19)37-3)26(33)18-32(25-14-13-20(28)16-23(25)29)38(35,36)22-11-6-5-7-12-22/h5-16,24H,4,17-18H2,1-3H3,(H,30,34)/t24-/m1/s1. The zero-order valence-corrected chi connectivity index (χ0v) is 23.6. The maximum Gasteiger partial charge on any atom is 0.264 e. The summed E-state index contributed by atoms with van der Waals surface area (Å²) in [6, 6.07) is 18.3. The van der Waals surface area contributed by atoms with Crippen LogP contribution in [-0.4, -0.2) is 51.9 Å². The number of carbonyl (C=O) groups is 2. The molecule has 0 saturated heterocycles. The SMILES string of the molecule is CC[C@H](C(=O)NC)N(Cc1cccc(OC)c1)C(=O)CN(c1ccc(Cl)cc1Cl)S(=O)(=O)c1ccccc1. The third-order valence-corrected chi connectivity index (χ3v) is 8.22. The Balaban J connectivity index is 2.09. The van der Waals surface area contributed by atoms with Crippen LogP contribution in [-0.2, 0) is 26.2 Å². The molecule has 0 aliphatic carbocycles. The fourth-order valence-corrected chi connectivity index (χ4v) is 5.98. The molecule has 2 amide bonds. The van der Waals surface area contributed by atoms with Crippen LogP contribution in [0.2, 0.25) is 10.0 Å². The number of benzene rings is 3. The molecule has 0 radical (unpaired) electrons. The Hall–Kier alpha value is -3.27. The van der Waals surface area contributed by atoms with Crippen molar-refractivity contribution in [2.24, 2.45) is 0 Å². The molecule has 11 heteroatoms. The van der Waals surface area contributed by atoms with Crippen LogP contribution in [0.3, 0.4) is 0 Å². The van der Waals surface area contributed by atoms with E-state index < -0.39 is 28.5 Å². The third kappa shape index (κ3) is 6.78. The summed E-state index contributed by atoms with van der Waals surface area (Å²) in [5.41, 5.74) is 0.796. The lowest BCUT2D eigenvalue weighted by Gasteiger charge is -2.33. The molecule has 3 aromatic rings. The molecule has 0 heterocycles. The first-order chi connectivity index (χ1) is 18.1. The van der Waals surface area contributed by atoms with E-state index in [-0.39, 0.29) is 28.1 Å². The summed E-state index contributed by atoms with van der Waals surface area (Å²) in [6.45, 7) is 1.23. The number of nitrogens with zero attached hydrogens (tertiary/aromatic N) is 2. The monoisotopic (exact) mass is 577 g/mol. The zero-order valence-electron chi connectivity index (χ0n) is 21.2. The average molecular weight is 579 g/mol. The normalized spacial score (nSPS) is 11.9. The Bertz CT molecular complexity index is 1390. The highest BCUT2D eigenvalue weighted by Crippen LogP contribution is 2.33. The number of rotatable bonds is 11. The van der Waals surface area contributed by atoms with Gasteiger partial charge in [-0.05, 0) is 54.4 Å². The van der Waals surface area contributed by atoms with E-state index in [1.807, 2.05) is 0 Å². The summed E-state index contributed by atoms with van der Waals surface area (Å²) in [5.74, 6) is -0.372. The maximum atomic E-state index is 13.9. The fraction of sp³-hybridized carbons (Fsp3) is 0.259. The molecule has 0 bridgehead atoms. The molecule has 202 valence electrons. The zero-order chi connectivity index (χ0) is 27.9. The van der Waals surface area contributed by atoms with Crippen LogP contribution >= 0.6 is 23.2 Å². The Labute approximate surface area is 233 Å². The molecule has 0 aliphatic rings. The summed E-state index contributed by atoms with van der Waals surface area (Å²) >= 11 is 12.5. The first-order valence-electron chi connectivity index (χ1n) is 11.8. The van der Waals surface area contributed by atoms with Crippen molar-refractivity contribution in [2.45, 2.75) is 30.8 Å². The predicted octanol–water partition coefficient (Wildman–Crippen LogP) is 4.75. The highest BCUT2D eigenvalue weighted by molar-refractivity contribution is 7.92. The predicted molar refractivity (Wildman–Crippen MR) is 149 cm³/mol. The fourth-order valence-electron chi connectivity index (χ4n) is 3.97. The molecule has 1 N–H and O–H groups in total. The van der Waals surface area contributed by atoms with Crippen LogP contribution in [0.4, 0.5) is 5.69 Å². The van der Waals surface area contributed by atoms with Crippen molar-refractivity contribution >= 4 is 50.7 Å². The lowest BCUT2D eigenvalue weighted by atomic mass is 10.1. The van der Waals surface area contributed by atoms with Gasteiger partial charge in [0.15, 0.2) is 0 Å². The lowest BCUT2D eigenvalue weighted by Crippen LogP contribution is -2.51. The van der Waals surface area contributed by atoms with Crippen molar-refractivity contribution in [1.82, 2.24) is 10.2 Å². The Morgan fingerprint density at radius 1 is 1.00 bits per heavy atom. The van der Waals surface area contributed by atoms with Crippen molar-refractivity contribution in [1.29, 1.82) is 0 Å². The number of halogens is 2. The Morgan fingerprint density at radius 3 is 2.32 bits per heavy atom. The van der Waals surface area contributed by atoms with Gasteiger partial charge in [0.2, 0.25) is 11.8 Å². The Kier molecular flexibility index (Phi) is 10.0. The van der Waals surface area contributed by atoms with Crippen molar-refractivity contribution in [3.8, 4) is 5.75 Å². The minimum Gasteiger partial charge on any atom is -0.497 e. The smallest absolute Gasteiger partial charge is 0.264 e. The number of anilines is 1. The second-order valence-corrected chi connectivity index (χ2v) is 11.0. The third-order valence-electron chi connectivity index (χ3n) is 5.91. The van der Waals surface area contributed by atoms with E-state index in [0.29, 0.717) is 22.8 Å². The molecule has 0 spiro atoms. The van der Waals surface area contributed by atoms with E-state index in [1.54, 1.807) is 49.4 Å². The van der Waals surface area contributed by atoms with E-state index in [0.717, 1.165) is 4.31 Å². The number of methoxy groups -OCH3 is 1. The van der Waals surface area contributed by atoms with Crippen molar-refractivity contribution in [2.75, 3.05) is 25.0 Å². The van der Waals surface area contributed by atoms with Gasteiger partial charge in [-0.25, -0.2) is 8.42 Å². The van der Waals surface area contributed by atoms with Gasteiger partial charge in [0, 0.05) is 18.6 Å². The Morgan fingerprint density at radius 2 is 1.71 bits per heavy atom. The largest absolute Gasteiger partial charge is 0.497 e. The molecular weight excluding hydrogens is 549 g/mol. The molecule has 0 aliphatic heterocycles. The van der Waals surface area contributed by atoms with Crippen LogP contribution in [0, 0.1) is 0 Å². The summed E-state index contributed by atoms with van der Waals surface area (Å²) in [5, 5.41) is 2.96. The van der Waals surface area contributed by atoms with Gasteiger partial charge in [-0.3, -0.25) is 13.9 Å². The van der Waals surface area contributed by atoms with Gasteiger partial charge in [0.05, 0.1) is 22.7 Å². The summed E-state index contributed by atoms with van der Waals surface area (Å²) in [4.78, 5) is 28.0. The number of sulfonamides is 1. The van der Waals surface area contributed by atoms with Crippen molar-refractivity contribution in [3.05, 3.63) is 88.4 Å².